The van der Waals surface area contributed by atoms with E-state index in [0.29, 0.717) is 15.6 Å². The Labute approximate surface area is 193 Å². The van der Waals surface area contributed by atoms with E-state index < -0.39 is 29.5 Å². The van der Waals surface area contributed by atoms with Gasteiger partial charge < -0.3 is 0 Å². The molecule has 4 rings (SSSR count). The number of hydrogen-bond acceptors (Lipinski definition) is 4. The molecule has 0 bridgehead atoms. The number of amides is 3. The SMILES string of the molecule is C[C@@H](C(=O)c1ccccc1)N(C(=O)c1ccc(Cl)cc1Cl)N1C(=O)c2ccccc2C1=O. The van der Waals surface area contributed by atoms with E-state index in [1.807, 2.05) is 0 Å². The van der Waals surface area contributed by atoms with Gasteiger partial charge in [0.25, 0.3) is 17.7 Å². The lowest BCUT2D eigenvalue weighted by atomic mass is 10.0. The predicted octanol–water partition coefficient (Wildman–Crippen LogP) is 4.92. The molecule has 0 aromatic heterocycles. The van der Waals surface area contributed by atoms with Crippen LogP contribution in [0.3, 0.4) is 0 Å². The summed E-state index contributed by atoms with van der Waals surface area (Å²) in [6.45, 7) is 1.46. The standard InChI is InChI=1S/C24H16Cl2N2O4/c1-14(21(29)15-7-3-2-4-8-15)27(24(32)19-12-11-16(25)13-20(19)26)28-22(30)17-9-5-6-10-18(17)23(28)31/h2-14H,1H3/t14-/m0/s1. The molecule has 6 nitrogen and oxygen atoms in total. The van der Waals surface area contributed by atoms with Crippen molar-refractivity contribution in [2.75, 3.05) is 0 Å². The molecule has 0 fully saturated rings. The smallest absolute Gasteiger partial charge is 0.280 e. The summed E-state index contributed by atoms with van der Waals surface area (Å²) in [5.41, 5.74) is 0.630. The van der Waals surface area contributed by atoms with Crippen LogP contribution in [0.2, 0.25) is 10.0 Å². The predicted molar refractivity (Wildman–Crippen MR) is 120 cm³/mol. The molecule has 0 radical (unpaired) electrons. The summed E-state index contributed by atoms with van der Waals surface area (Å²) in [5.74, 6) is -2.62. The van der Waals surface area contributed by atoms with Gasteiger partial charge >= 0.3 is 0 Å². The van der Waals surface area contributed by atoms with Crippen LogP contribution in [0.1, 0.15) is 48.4 Å². The zero-order valence-corrected chi connectivity index (χ0v) is 18.3. The lowest BCUT2D eigenvalue weighted by molar-refractivity contribution is -0.00680. The van der Waals surface area contributed by atoms with Crippen molar-refractivity contribution >= 4 is 46.7 Å². The zero-order valence-electron chi connectivity index (χ0n) is 16.8. The number of carbonyl (C=O) groups is 4. The Bertz CT molecular complexity index is 1220. The van der Waals surface area contributed by atoms with Crippen LogP contribution >= 0.6 is 23.2 Å². The topological polar surface area (TPSA) is 74.8 Å². The van der Waals surface area contributed by atoms with Gasteiger partial charge in [-0.1, -0.05) is 65.7 Å². The molecule has 1 aliphatic heterocycles. The second-order valence-electron chi connectivity index (χ2n) is 7.15. The fourth-order valence-electron chi connectivity index (χ4n) is 3.55. The maximum absolute atomic E-state index is 13.6. The molecule has 3 aromatic carbocycles. The highest BCUT2D eigenvalue weighted by Crippen LogP contribution is 2.29. The molecule has 1 aliphatic rings. The van der Waals surface area contributed by atoms with Crippen LogP contribution < -0.4 is 0 Å². The minimum absolute atomic E-state index is 0.000310. The van der Waals surface area contributed by atoms with Gasteiger partial charge in [0.2, 0.25) is 0 Å². The second kappa shape index (κ2) is 8.57. The van der Waals surface area contributed by atoms with E-state index in [1.54, 1.807) is 42.5 Å². The maximum atomic E-state index is 13.6. The Hall–Kier alpha value is -3.48. The third-order valence-electron chi connectivity index (χ3n) is 5.16. The van der Waals surface area contributed by atoms with Gasteiger partial charge in [-0.2, -0.15) is 5.01 Å². The fraction of sp³-hybridized carbons (Fsp3) is 0.0833. The summed E-state index contributed by atoms with van der Waals surface area (Å²) in [6.07, 6.45) is 0. The van der Waals surface area contributed by atoms with E-state index in [2.05, 4.69) is 0 Å². The number of Topliss-reactive ketones (excluding diaryl/α,β-unsaturated/α-hetero) is 1. The number of hydrazine groups is 1. The second-order valence-corrected chi connectivity index (χ2v) is 7.99. The van der Waals surface area contributed by atoms with Crippen molar-refractivity contribution in [1.29, 1.82) is 0 Å². The van der Waals surface area contributed by atoms with Crippen molar-refractivity contribution < 1.29 is 19.2 Å². The number of nitrogens with zero attached hydrogens (tertiary/aromatic N) is 2. The Morgan fingerprint density at radius 2 is 1.41 bits per heavy atom. The van der Waals surface area contributed by atoms with Crippen LogP contribution in [-0.4, -0.2) is 39.6 Å². The molecule has 160 valence electrons. The molecule has 0 unspecified atom stereocenters. The summed E-state index contributed by atoms with van der Waals surface area (Å²) in [5, 5.41) is 1.93. The highest BCUT2D eigenvalue weighted by atomic mass is 35.5. The molecule has 0 saturated carbocycles. The largest absolute Gasteiger partial charge is 0.292 e. The molecule has 1 heterocycles. The van der Waals surface area contributed by atoms with E-state index in [1.165, 1.54) is 37.3 Å². The van der Waals surface area contributed by atoms with Gasteiger partial charge in [0, 0.05) is 10.6 Å². The first-order valence-corrected chi connectivity index (χ1v) is 10.4. The fourth-order valence-corrected chi connectivity index (χ4v) is 4.04. The lowest BCUT2D eigenvalue weighted by Crippen LogP contribution is -2.56. The first-order chi connectivity index (χ1) is 15.3. The van der Waals surface area contributed by atoms with Gasteiger partial charge in [-0.15, -0.1) is 0 Å². The molecule has 0 saturated heterocycles. The first kappa shape index (κ1) is 21.7. The number of fused-ring (bicyclic) bond motifs is 1. The third kappa shape index (κ3) is 3.68. The molecule has 3 amide bonds. The summed E-state index contributed by atoms with van der Waals surface area (Å²) >= 11 is 12.2. The van der Waals surface area contributed by atoms with E-state index >= 15 is 0 Å². The van der Waals surface area contributed by atoms with Crippen LogP contribution in [0.15, 0.2) is 72.8 Å². The minimum Gasteiger partial charge on any atom is -0.292 e. The summed E-state index contributed by atoms with van der Waals surface area (Å²) in [6, 6.07) is 17.6. The molecular weight excluding hydrogens is 451 g/mol. The molecule has 32 heavy (non-hydrogen) atoms. The Kier molecular flexibility index (Phi) is 5.82. The van der Waals surface area contributed by atoms with Gasteiger partial charge in [-0.05, 0) is 37.3 Å². The molecule has 8 heteroatoms. The average Bonchev–Trinajstić information content (AvgIpc) is 3.04. The normalized spacial score (nSPS) is 13.7. The maximum Gasteiger partial charge on any atom is 0.280 e. The number of ketones is 1. The number of carbonyl (C=O) groups excluding carboxylic acids is 4. The molecular formula is C24H16Cl2N2O4. The van der Waals surface area contributed by atoms with Crippen LogP contribution in [0.4, 0.5) is 0 Å². The Morgan fingerprint density at radius 3 is 1.97 bits per heavy atom. The quantitative estimate of drug-likeness (QED) is 0.395. The number of hydrogen-bond donors (Lipinski definition) is 0. The summed E-state index contributed by atoms with van der Waals surface area (Å²) in [7, 11) is 0. The Morgan fingerprint density at radius 1 is 0.844 bits per heavy atom. The molecule has 0 aliphatic carbocycles. The molecule has 0 spiro atoms. The molecule has 1 atom stereocenters. The van der Waals surface area contributed by atoms with Crippen LogP contribution in [0, 0.1) is 0 Å². The van der Waals surface area contributed by atoms with Gasteiger partial charge in [0.05, 0.1) is 21.7 Å². The summed E-state index contributed by atoms with van der Waals surface area (Å²) < 4.78 is 0. The number of halogens is 2. The van der Waals surface area contributed by atoms with Crippen molar-refractivity contribution in [2.24, 2.45) is 0 Å². The average molecular weight is 467 g/mol. The minimum atomic E-state index is -1.18. The molecule has 0 N–H and O–H groups in total. The van der Waals surface area contributed by atoms with E-state index in [9.17, 15) is 19.2 Å². The third-order valence-corrected chi connectivity index (χ3v) is 5.71. The van der Waals surface area contributed by atoms with Gasteiger partial charge in [0.1, 0.15) is 6.04 Å². The highest BCUT2D eigenvalue weighted by molar-refractivity contribution is 6.37. The van der Waals surface area contributed by atoms with Gasteiger partial charge in [0.15, 0.2) is 5.78 Å². The van der Waals surface area contributed by atoms with Crippen LogP contribution in [0.25, 0.3) is 0 Å². The van der Waals surface area contributed by atoms with Crippen molar-refractivity contribution in [2.45, 2.75) is 13.0 Å². The highest BCUT2D eigenvalue weighted by Gasteiger charge is 2.45. The Balaban J connectivity index is 1.82. The van der Waals surface area contributed by atoms with E-state index in [-0.39, 0.29) is 21.7 Å². The number of imide groups is 1. The van der Waals surface area contributed by atoms with Crippen LogP contribution in [0.5, 0.6) is 0 Å². The summed E-state index contributed by atoms with van der Waals surface area (Å²) in [4.78, 5) is 53.1. The van der Waals surface area contributed by atoms with E-state index in [4.69, 9.17) is 23.2 Å². The van der Waals surface area contributed by atoms with Crippen molar-refractivity contribution in [3.05, 3.63) is 105 Å². The van der Waals surface area contributed by atoms with Gasteiger partial charge in [-0.25, -0.2) is 5.01 Å². The zero-order chi connectivity index (χ0) is 23.0. The number of benzene rings is 3. The van der Waals surface area contributed by atoms with Crippen LogP contribution in [-0.2, 0) is 0 Å². The van der Waals surface area contributed by atoms with Crippen molar-refractivity contribution in [1.82, 2.24) is 10.0 Å². The molecule has 3 aromatic rings. The monoisotopic (exact) mass is 466 g/mol. The van der Waals surface area contributed by atoms with Crippen molar-refractivity contribution in [3.8, 4) is 0 Å². The first-order valence-electron chi connectivity index (χ1n) is 9.67. The number of rotatable bonds is 5. The van der Waals surface area contributed by atoms with Gasteiger partial charge in [-0.3, -0.25) is 19.2 Å². The van der Waals surface area contributed by atoms with Crippen molar-refractivity contribution in [3.63, 3.8) is 0 Å². The van der Waals surface area contributed by atoms with E-state index in [0.717, 1.165) is 5.01 Å². The lowest BCUT2D eigenvalue weighted by Gasteiger charge is -2.34.